The van der Waals surface area contributed by atoms with Gasteiger partial charge in [-0.1, -0.05) is 56.3 Å². The van der Waals surface area contributed by atoms with E-state index >= 15 is 0 Å². The second-order valence-corrected chi connectivity index (χ2v) is 7.72. The molecular weight excluding hydrogens is 398 g/mol. The topological polar surface area (TPSA) is 131 Å². The van der Waals surface area contributed by atoms with Gasteiger partial charge in [0.25, 0.3) is 0 Å². The van der Waals surface area contributed by atoms with E-state index in [1.165, 1.54) is 12.1 Å². The van der Waals surface area contributed by atoms with Crippen LogP contribution in [0.2, 0.25) is 0 Å². The number of benzene rings is 2. The van der Waals surface area contributed by atoms with E-state index in [9.17, 15) is 19.5 Å². The molecule has 5 N–H and O–H groups in total. The number of hydrogen-bond acceptors (Lipinski definition) is 5. The highest BCUT2D eigenvalue weighted by Gasteiger charge is 2.27. The third-order valence-electron chi connectivity index (χ3n) is 4.56. The van der Waals surface area contributed by atoms with Crippen molar-refractivity contribution in [3.63, 3.8) is 0 Å². The number of amides is 3. The number of ether oxygens (including phenoxy) is 1. The third-order valence-corrected chi connectivity index (χ3v) is 4.56. The van der Waals surface area contributed by atoms with Gasteiger partial charge in [-0.2, -0.15) is 0 Å². The molecule has 0 saturated heterocycles. The smallest absolute Gasteiger partial charge is 0.408 e. The van der Waals surface area contributed by atoms with Crippen molar-refractivity contribution in [3.8, 4) is 5.75 Å². The van der Waals surface area contributed by atoms with E-state index in [0.717, 1.165) is 11.1 Å². The summed E-state index contributed by atoms with van der Waals surface area (Å²) in [5, 5.41) is 14.6. The highest BCUT2D eigenvalue weighted by atomic mass is 16.5. The number of primary amides is 1. The Hall–Kier alpha value is -3.55. The highest BCUT2D eigenvalue weighted by molar-refractivity contribution is 5.90. The lowest BCUT2D eigenvalue weighted by Crippen LogP contribution is -2.54. The Bertz CT molecular complexity index is 869. The molecule has 0 aliphatic heterocycles. The summed E-state index contributed by atoms with van der Waals surface area (Å²) < 4.78 is 5.20. The second kappa shape index (κ2) is 11.6. The number of phenols is 1. The first-order valence-electron chi connectivity index (χ1n) is 10.1. The first kappa shape index (κ1) is 23.7. The number of rotatable bonds is 10. The van der Waals surface area contributed by atoms with Gasteiger partial charge in [-0.05, 0) is 35.6 Å². The number of nitrogens with two attached hydrogens (primary N) is 1. The summed E-state index contributed by atoms with van der Waals surface area (Å²) in [5.74, 6) is -1.02. The number of alkyl carbamates (subject to hydrolysis) is 1. The number of hydrogen-bond donors (Lipinski definition) is 4. The van der Waals surface area contributed by atoms with Gasteiger partial charge in [-0.15, -0.1) is 0 Å². The molecule has 166 valence electrons. The summed E-state index contributed by atoms with van der Waals surface area (Å²) in [4.78, 5) is 36.9. The van der Waals surface area contributed by atoms with Crippen LogP contribution in [0.5, 0.6) is 5.75 Å². The third kappa shape index (κ3) is 8.38. The first-order chi connectivity index (χ1) is 14.7. The van der Waals surface area contributed by atoms with Gasteiger partial charge in [0.1, 0.15) is 24.4 Å². The fourth-order valence-electron chi connectivity index (χ4n) is 2.97. The molecule has 8 nitrogen and oxygen atoms in total. The predicted octanol–water partition coefficient (Wildman–Crippen LogP) is 2.25. The SMILES string of the molecule is CC(C)CC(NC(=O)OCc1ccccc1)C(=O)NC(Cc1ccc(O)cc1)C(N)=O. The Balaban J connectivity index is 1.99. The van der Waals surface area contributed by atoms with Crippen LogP contribution in [0.25, 0.3) is 0 Å². The Morgan fingerprint density at radius 3 is 2.16 bits per heavy atom. The molecule has 0 aliphatic carbocycles. The second-order valence-electron chi connectivity index (χ2n) is 7.72. The van der Waals surface area contributed by atoms with Gasteiger partial charge < -0.3 is 26.2 Å². The molecule has 0 aromatic heterocycles. The molecule has 0 radical (unpaired) electrons. The van der Waals surface area contributed by atoms with Gasteiger partial charge in [-0.3, -0.25) is 9.59 Å². The lowest BCUT2D eigenvalue weighted by atomic mass is 10.0. The lowest BCUT2D eigenvalue weighted by Gasteiger charge is -2.23. The quantitative estimate of drug-likeness (QED) is 0.462. The zero-order valence-electron chi connectivity index (χ0n) is 17.7. The van der Waals surface area contributed by atoms with Gasteiger partial charge in [0.05, 0.1) is 0 Å². The molecule has 0 bridgehead atoms. The summed E-state index contributed by atoms with van der Waals surface area (Å²) in [6.07, 6.45) is -0.204. The maximum absolute atomic E-state index is 12.8. The molecular formula is C23H29N3O5. The van der Waals surface area contributed by atoms with Crippen LogP contribution in [0.3, 0.4) is 0 Å². The van der Waals surface area contributed by atoms with Crippen LogP contribution in [-0.4, -0.2) is 35.1 Å². The molecule has 2 atom stereocenters. The zero-order valence-corrected chi connectivity index (χ0v) is 17.7. The number of carbonyl (C=O) groups excluding carboxylic acids is 3. The average Bonchev–Trinajstić information content (AvgIpc) is 2.73. The van der Waals surface area contributed by atoms with E-state index in [1.54, 1.807) is 12.1 Å². The van der Waals surface area contributed by atoms with Crippen LogP contribution in [0.1, 0.15) is 31.4 Å². The Morgan fingerprint density at radius 2 is 1.58 bits per heavy atom. The molecule has 31 heavy (non-hydrogen) atoms. The largest absolute Gasteiger partial charge is 0.508 e. The van der Waals surface area contributed by atoms with Crippen molar-refractivity contribution in [3.05, 3.63) is 65.7 Å². The van der Waals surface area contributed by atoms with Crippen molar-refractivity contribution in [2.45, 2.75) is 45.4 Å². The average molecular weight is 428 g/mol. The number of carbonyl (C=O) groups is 3. The van der Waals surface area contributed by atoms with E-state index in [-0.39, 0.29) is 24.7 Å². The lowest BCUT2D eigenvalue weighted by molar-refractivity contribution is -0.128. The summed E-state index contributed by atoms with van der Waals surface area (Å²) >= 11 is 0. The molecule has 0 saturated carbocycles. The van der Waals surface area contributed by atoms with Crippen molar-refractivity contribution in [1.82, 2.24) is 10.6 Å². The molecule has 3 amide bonds. The minimum Gasteiger partial charge on any atom is -0.508 e. The molecule has 0 spiro atoms. The summed E-state index contributed by atoms with van der Waals surface area (Å²) in [5.41, 5.74) is 7.01. The van der Waals surface area contributed by atoms with Crippen molar-refractivity contribution >= 4 is 17.9 Å². The molecule has 8 heteroatoms. The van der Waals surface area contributed by atoms with Gasteiger partial charge in [0, 0.05) is 6.42 Å². The number of phenolic OH excluding ortho intramolecular Hbond substituents is 1. The maximum Gasteiger partial charge on any atom is 0.408 e. The molecule has 2 aromatic carbocycles. The van der Waals surface area contributed by atoms with Gasteiger partial charge in [0.2, 0.25) is 11.8 Å². The fraction of sp³-hybridized carbons (Fsp3) is 0.348. The Kier molecular flexibility index (Phi) is 8.87. The Labute approximate surface area is 181 Å². The van der Waals surface area contributed by atoms with Gasteiger partial charge >= 0.3 is 6.09 Å². The zero-order chi connectivity index (χ0) is 22.8. The fourth-order valence-corrected chi connectivity index (χ4v) is 2.97. The normalized spacial score (nSPS) is 12.6. The van der Waals surface area contributed by atoms with Crippen LogP contribution in [0, 0.1) is 5.92 Å². The Morgan fingerprint density at radius 1 is 0.935 bits per heavy atom. The van der Waals surface area contributed by atoms with E-state index < -0.39 is 30.0 Å². The molecule has 0 aliphatic rings. The van der Waals surface area contributed by atoms with E-state index in [2.05, 4.69) is 10.6 Å². The summed E-state index contributed by atoms with van der Waals surface area (Å²) in [7, 11) is 0. The molecule has 2 rings (SSSR count). The predicted molar refractivity (Wildman–Crippen MR) is 116 cm³/mol. The van der Waals surface area contributed by atoms with Crippen molar-refractivity contribution in [2.24, 2.45) is 11.7 Å². The standard InChI is InChI=1S/C23H29N3O5/c1-15(2)12-20(26-23(30)31-14-17-6-4-3-5-7-17)22(29)25-19(21(24)28)13-16-8-10-18(27)11-9-16/h3-11,15,19-20,27H,12-14H2,1-2H3,(H2,24,28)(H,25,29)(H,26,30). The van der Waals surface area contributed by atoms with Crippen LogP contribution < -0.4 is 16.4 Å². The van der Waals surface area contributed by atoms with E-state index in [1.807, 2.05) is 44.2 Å². The van der Waals surface area contributed by atoms with Gasteiger partial charge in [0.15, 0.2) is 0 Å². The minimum absolute atomic E-state index is 0.0768. The molecule has 0 fully saturated rings. The first-order valence-corrected chi connectivity index (χ1v) is 10.1. The van der Waals surface area contributed by atoms with Crippen LogP contribution >= 0.6 is 0 Å². The van der Waals surface area contributed by atoms with Crippen LogP contribution in [-0.2, 0) is 27.4 Å². The number of aromatic hydroxyl groups is 1. The van der Waals surface area contributed by atoms with Crippen molar-refractivity contribution in [2.75, 3.05) is 0 Å². The molecule has 2 unspecified atom stereocenters. The van der Waals surface area contributed by atoms with E-state index in [4.69, 9.17) is 10.5 Å². The highest BCUT2D eigenvalue weighted by Crippen LogP contribution is 2.12. The van der Waals surface area contributed by atoms with Crippen LogP contribution in [0.15, 0.2) is 54.6 Å². The van der Waals surface area contributed by atoms with Crippen molar-refractivity contribution in [1.29, 1.82) is 0 Å². The monoisotopic (exact) mass is 427 g/mol. The molecule has 2 aromatic rings. The van der Waals surface area contributed by atoms with Crippen molar-refractivity contribution < 1.29 is 24.2 Å². The minimum atomic E-state index is -0.964. The van der Waals surface area contributed by atoms with E-state index in [0.29, 0.717) is 6.42 Å². The van der Waals surface area contributed by atoms with Gasteiger partial charge in [-0.25, -0.2) is 4.79 Å². The maximum atomic E-state index is 12.8. The summed E-state index contributed by atoms with van der Waals surface area (Å²) in [6, 6.07) is 13.6. The summed E-state index contributed by atoms with van der Waals surface area (Å²) in [6.45, 7) is 3.91. The van der Waals surface area contributed by atoms with Crippen LogP contribution in [0.4, 0.5) is 4.79 Å². The molecule has 0 heterocycles. The number of nitrogens with one attached hydrogen (secondary N) is 2.